The van der Waals surface area contributed by atoms with E-state index in [1.54, 1.807) is 0 Å². The number of hydrogen-bond donors (Lipinski definition) is 1. The summed E-state index contributed by atoms with van der Waals surface area (Å²) < 4.78 is 1.20. The Labute approximate surface area is 135 Å². The third-order valence-electron chi connectivity index (χ3n) is 4.35. The first-order valence-corrected chi connectivity index (χ1v) is 9.25. The van der Waals surface area contributed by atoms with Gasteiger partial charge in [-0.2, -0.15) is 11.8 Å². The van der Waals surface area contributed by atoms with Crippen LogP contribution in [0.2, 0.25) is 0 Å². The zero-order valence-corrected chi connectivity index (χ0v) is 15.0. The van der Waals surface area contributed by atoms with Crippen molar-refractivity contribution < 1.29 is 0 Å². The number of nitrogens with zero attached hydrogens (tertiary/aromatic N) is 1. The third kappa shape index (κ3) is 4.00. The number of halogens is 1. The molecule has 112 valence electrons. The monoisotopic (exact) mass is 356 g/mol. The van der Waals surface area contributed by atoms with Crippen LogP contribution in [0.5, 0.6) is 0 Å². The molecule has 1 aliphatic heterocycles. The summed E-state index contributed by atoms with van der Waals surface area (Å²) in [6.07, 6.45) is 1.15. The Morgan fingerprint density at radius 2 is 2.15 bits per heavy atom. The normalized spacial score (nSPS) is 25.6. The first-order valence-electron chi connectivity index (χ1n) is 7.40. The summed E-state index contributed by atoms with van der Waals surface area (Å²) in [6, 6.07) is 9.64. The average molecular weight is 357 g/mol. The number of rotatable bonds is 5. The summed E-state index contributed by atoms with van der Waals surface area (Å²) >= 11 is 5.77. The van der Waals surface area contributed by atoms with Crippen molar-refractivity contribution in [3.63, 3.8) is 0 Å². The zero-order chi connectivity index (χ0) is 14.5. The van der Waals surface area contributed by atoms with Crippen LogP contribution in [0.15, 0.2) is 28.7 Å². The molecule has 0 saturated carbocycles. The maximum absolute atomic E-state index is 3.67. The van der Waals surface area contributed by atoms with E-state index < -0.39 is 0 Å². The van der Waals surface area contributed by atoms with Gasteiger partial charge in [-0.15, -0.1) is 0 Å². The van der Waals surface area contributed by atoms with E-state index in [0.717, 1.165) is 11.7 Å². The van der Waals surface area contributed by atoms with Gasteiger partial charge < -0.3 is 5.32 Å². The van der Waals surface area contributed by atoms with Crippen LogP contribution < -0.4 is 5.32 Å². The van der Waals surface area contributed by atoms with Gasteiger partial charge in [0.1, 0.15) is 0 Å². The van der Waals surface area contributed by atoms with Crippen molar-refractivity contribution in [3.05, 3.63) is 34.3 Å². The van der Waals surface area contributed by atoms with E-state index in [1.807, 2.05) is 0 Å². The molecule has 0 bridgehead atoms. The second-order valence-electron chi connectivity index (χ2n) is 5.50. The van der Waals surface area contributed by atoms with Gasteiger partial charge in [0.15, 0.2) is 0 Å². The standard InChI is InChI=1S/C16H25BrN2S/c1-12-13(2)20-11-10-19(12)9-8-16(18-3)14-6-4-5-7-15(14)17/h4-7,12-13,16,18H,8-11H2,1-3H3. The van der Waals surface area contributed by atoms with Crippen LogP contribution in [0.3, 0.4) is 0 Å². The molecule has 0 aliphatic carbocycles. The van der Waals surface area contributed by atoms with Gasteiger partial charge in [-0.3, -0.25) is 4.90 Å². The molecule has 0 amide bonds. The minimum absolute atomic E-state index is 0.419. The first-order chi connectivity index (χ1) is 9.63. The second kappa shape index (κ2) is 7.83. The fourth-order valence-electron chi connectivity index (χ4n) is 2.82. The molecule has 1 heterocycles. The van der Waals surface area contributed by atoms with E-state index in [2.05, 4.69) is 83.1 Å². The maximum atomic E-state index is 3.67. The highest BCUT2D eigenvalue weighted by molar-refractivity contribution is 9.10. The molecule has 1 N–H and O–H groups in total. The molecule has 1 saturated heterocycles. The number of hydrogen-bond acceptors (Lipinski definition) is 3. The highest BCUT2D eigenvalue weighted by atomic mass is 79.9. The van der Waals surface area contributed by atoms with E-state index in [9.17, 15) is 0 Å². The fourth-order valence-corrected chi connectivity index (χ4v) is 4.54. The summed E-state index contributed by atoms with van der Waals surface area (Å²) in [5.41, 5.74) is 1.36. The van der Waals surface area contributed by atoms with Crippen LogP contribution in [-0.4, -0.2) is 42.1 Å². The van der Waals surface area contributed by atoms with Crippen LogP contribution in [-0.2, 0) is 0 Å². The number of nitrogens with one attached hydrogen (secondary N) is 1. The summed E-state index contributed by atoms with van der Waals surface area (Å²) in [5, 5.41) is 4.21. The SMILES string of the molecule is CNC(CCN1CCSC(C)C1C)c1ccccc1Br. The van der Waals surface area contributed by atoms with Crippen molar-refractivity contribution in [2.75, 3.05) is 25.9 Å². The molecule has 0 radical (unpaired) electrons. The van der Waals surface area contributed by atoms with Gasteiger partial charge >= 0.3 is 0 Å². The van der Waals surface area contributed by atoms with E-state index in [0.29, 0.717) is 12.1 Å². The smallest absolute Gasteiger partial charge is 0.0340 e. The second-order valence-corrected chi connectivity index (χ2v) is 7.84. The van der Waals surface area contributed by atoms with Crippen molar-refractivity contribution in [3.8, 4) is 0 Å². The molecular formula is C16H25BrN2S. The number of benzene rings is 1. The minimum Gasteiger partial charge on any atom is -0.313 e. The van der Waals surface area contributed by atoms with Gasteiger partial charge in [-0.1, -0.05) is 41.1 Å². The fraction of sp³-hybridized carbons (Fsp3) is 0.625. The molecule has 3 atom stereocenters. The summed E-state index contributed by atoms with van der Waals surface area (Å²) in [5.74, 6) is 1.27. The Morgan fingerprint density at radius 1 is 1.40 bits per heavy atom. The van der Waals surface area contributed by atoms with Crippen molar-refractivity contribution >= 4 is 27.7 Å². The molecule has 0 aromatic heterocycles. The Morgan fingerprint density at radius 3 is 2.85 bits per heavy atom. The molecule has 4 heteroatoms. The molecule has 1 fully saturated rings. The quantitative estimate of drug-likeness (QED) is 0.860. The molecule has 1 aromatic rings. The van der Waals surface area contributed by atoms with Crippen molar-refractivity contribution in [1.82, 2.24) is 10.2 Å². The highest BCUT2D eigenvalue weighted by Crippen LogP contribution is 2.28. The third-order valence-corrected chi connectivity index (χ3v) is 6.41. The van der Waals surface area contributed by atoms with Gasteiger partial charge in [-0.25, -0.2) is 0 Å². The van der Waals surface area contributed by atoms with Gasteiger partial charge in [0, 0.05) is 40.6 Å². The predicted molar refractivity (Wildman–Crippen MR) is 93.5 cm³/mol. The zero-order valence-electron chi connectivity index (χ0n) is 12.6. The van der Waals surface area contributed by atoms with Crippen LogP contribution >= 0.6 is 27.7 Å². The molecule has 2 nitrogen and oxygen atoms in total. The molecule has 3 unspecified atom stereocenters. The van der Waals surface area contributed by atoms with Crippen molar-refractivity contribution in [1.29, 1.82) is 0 Å². The van der Waals surface area contributed by atoms with Gasteiger partial charge in [0.25, 0.3) is 0 Å². The Kier molecular flexibility index (Phi) is 6.40. The lowest BCUT2D eigenvalue weighted by Crippen LogP contribution is -2.45. The summed E-state index contributed by atoms with van der Waals surface area (Å²) in [6.45, 7) is 7.11. The molecular weight excluding hydrogens is 332 g/mol. The Bertz CT molecular complexity index is 427. The van der Waals surface area contributed by atoms with Gasteiger partial charge in [0.2, 0.25) is 0 Å². The van der Waals surface area contributed by atoms with Crippen molar-refractivity contribution in [2.45, 2.75) is 37.6 Å². The topological polar surface area (TPSA) is 15.3 Å². The van der Waals surface area contributed by atoms with E-state index in [-0.39, 0.29) is 0 Å². The molecule has 1 aliphatic rings. The van der Waals surface area contributed by atoms with Crippen molar-refractivity contribution in [2.24, 2.45) is 0 Å². The van der Waals surface area contributed by atoms with Crippen LogP contribution in [0, 0.1) is 0 Å². The van der Waals surface area contributed by atoms with Crippen LogP contribution in [0.4, 0.5) is 0 Å². The van der Waals surface area contributed by atoms with Crippen LogP contribution in [0.1, 0.15) is 31.9 Å². The maximum Gasteiger partial charge on any atom is 0.0340 e. The van der Waals surface area contributed by atoms with E-state index >= 15 is 0 Å². The molecule has 1 aromatic carbocycles. The summed E-state index contributed by atoms with van der Waals surface area (Å²) in [7, 11) is 2.06. The lowest BCUT2D eigenvalue weighted by atomic mass is 10.0. The molecule has 0 spiro atoms. The lowest BCUT2D eigenvalue weighted by Gasteiger charge is -2.38. The largest absolute Gasteiger partial charge is 0.313 e. The van der Waals surface area contributed by atoms with Gasteiger partial charge in [-0.05, 0) is 32.0 Å². The highest BCUT2D eigenvalue weighted by Gasteiger charge is 2.25. The minimum atomic E-state index is 0.419. The summed E-state index contributed by atoms with van der Waals surface area (Å²) in [4.78, 5) is 2.64. The number of thioether (sulfide) groups is 1. The Hall–Kier alpha value is -0.0300. The lowest BCUT2D eigenvalue weighted by molar-refractivity contribution is 0.202. The average Bonchev–Trinajstić information content (AvgIpc) is 2.45. The molecule has 20 heavy (non-hydrogen) atoms. The van der Waals surface area contributed by atoms with E-state index in [4.69, 9.17) is 0 Å². The van der Waals surface area contributed by atoms with Gasteiger partial charge in [0.05, 0.1) is 0 Å². The Balaban J connectivity index is 1.96. The first kappa shape index (κ1) is 16.3. The molecule has 2 rings (SSSR count). The van der Waals surface area contributed by atoms with Crippen LogP contribution in [0.25, 0.3) is 0 Å². The van der Waals surface area contributed by atoms with E-state index in [1.165, 1.54) is 28.9 Å². The predicted octanol–water partition coefficient (Wildman–Crippen LogP) is 3.93.